The van der Waals surface area contributed by atoms with Crippen LogP contribution in [-0.4, -0.2) is 47.7 Å². The molecule has 1 saturated heterocycles. The minimum atomic E-state index is -0.608. The molecule has 8 nitrogen and oxygen atoms in total. The second-order valence-electron chi connectivity index (χ2n) is 7.06. The number of carbonyl (C=O) groups excluding carboxylic acids is 4. The van der Waals surface area contributed by atoms with Crippen LogP contribution in [0.2, 0.25) is 5.02 Å². The number of rotatable bonds is 8. The zero-order valence-corrected chi connectivity index (χ0v) is 21.4. The fourth-order valence-electron chi connectivity index (χ4n) is 2.90. The normalized spacial score (nSPS) is 14.5. The molecule has 0 bridgehead atoms. The number of nitrogens with zero attached hydrogens (tertiary/aromatic N) is 1. The number of thioether (sulfide) groups is 1. The van der Waals surface area contributed by atoms with Gasteiger partial charge in [-0.3, -0.25) is 19.3 Å². The Kier molecular flexibility index (Phi) is 8.76. The lowest BCUT2D eigenvalue weighted by molar-refractivity contribution is -0.145. The van der Waals surface area contributed by atoms with E-state index in [0.29, 0.717) is 38.3 Å². The average Bonchev–Trinajstić information content (AvgIpc) is 3.03. The summed E-state index contributed by atoms with van der Waals surface area (Å²) in [5.41, 5.74) is 1.79. The quantitative estimate of drug-likeness (QED) is 0.353. The van der Waals surface area contributed by atoms with Crippen molar-refractivity contribution in [3.63, 3.8) is 0 Å². The summed E-state index contributed by atoms with van der Waals surface area (Å²) in [6.45, 7) is 3.00. The Morgan fingerprint density at radius 2 is 1.97 bits per heavy atom. The number of nitrogens with one attached hydrogen (secondary N) is 1. The van der Waals surface area contributed by atoms with Crippen molar-refractivity contribution in [3.8, 4) is 5.75 Å². The molecular formula is C23H20BrClN2O6S. The fraction of sp³-hybridized carbons (Fsp3) is 0.217. The van der Waals surface area contributed by atoms with Gasteiger partial charge in [0, 0.05) is 20.7 Å². The van der Waals surface area contributed by atoms with Crippen LogP contribution in [0.1, 0.15) is 18.1 Å². The van der Waals surface area contributed by atoms with Crippen molar-refractivity contribution >= 4 is 74.1 Å². The highest BCUT2D eigenvalue weighted by molar-refractivity contribution is 9.10. The first-order valence-corrected chi connectivity index (χ1v) is 12.1. The van der Waals surface area contributed by atoms with Gasteiger partial charge in [-0.05, 0) is 67.6 Å². The van der Waals surface area contributed by atoms with Crippen LogP contribution in [0.3, 0.4) is 0 Å². The lowest BCUT2D eigenvalue weighted by Crippen LogP contribution is -2.36. The van der Waals surface area contributed by atoms with Crippen LogP contribution in [0.15, 0.2) is 45.8 Å². The van der Waals surface area contributed by atoms with Gasteiger partial charge in [0.1, 0.15) is 12.3 Å². The smallest absolute Gasteiger partial charge is 0.344 e. The van der Waals surface area contributed by atoms with Crippen molar-refractivity contribution in [1.82, 2.24) is 4.90 Å². The molecule has 1 aliphatic heterocycles. The van der Waals surface area contributed by atoms with Crippen LogP contribution in [0.25, 0.3) is 6.08 Å². The van der Waals surface area contributed by atoms with Gasteiger partial charge in [0.2, 0.25) is 5.91 Å². The Labute approximate surface area is 213 Å². The van der Waals surface area contributed by atoms with Crippen LogP contribution in [0.5, 0.6) is 5.75 Å². The highest BCUT2D eigenvalue weighted by Gasteiger charge is 2.36. The van der Waals surface area contributed by atoms with E-state index in [-0.39, 0.29) is 18.1 Å². The maximum absolute atomic E-state index is 12.8. The Balaban J connectivity index is 1.73. The number of benzene rings is 2. The molecule has 34 heavy (non-hydrogen) atoms. The van der Waals surface area contributed by atoms with E-state index in [1.807, 2.05) is 6.92 Å². The summed E-state index contributed by atoms with van der Waals surface area (Å²) in [6, 6.07) is 10.0. The Bertz CT molecular complexity index is 1190. The number of halogens is 2. The predicted octanol–water partition coefficient (Wildman–Crippen LogP) is 5.03. The van der Waals surface area contributed by atoms with E-state index in [1.54, 1.807) is 43.3 Å². The standard InChI is InChI=1S/C23H20BrClN2O6S/c1-3-32-21(29)12-33-18-7-5-15(24)8-14(18)9-19-22(30)27(23(31)34-19)11-20(28)26-16-6-4-13(2)17(25)10-16/h4-10H,3,11-12H2,1-2H3,(H,26,28)/b19-9+. The molecule has 0 radical (unpaired) electrons. The van der Waals surface area contributed by atoms with Gasteiger partial charge in [0.25, 0.3) is 11.1 Å². The average molecular weight is 568 g/mol. The van der Waals surface area contributed by atoms with Gasteiger partial charge < -0.3 is 14.8 Å². The molecule has 3 amide bonds. The van der Waals surface area contributed by atoms with Gasteiger partial charge in [-0.2, -0.15) is 0 Å². The van der Waals surface area contributed by atoms with E-state index in [1.165, 1.54) is 6.08 Å². The number of esters is 1. The first-order chi connectivity index (χ1) is 16.2. The van der Waals surface area contributed by atoms with Crippen molar-refractivity contribution in [2.24, 2.45) is 0 Å². The molecule has 2 aromatic rings. The summed E-state index contributed by atoms with van der Waals surface area (Å²) < 4.78 is 11.1. The number of ether oxygens (including phenoxy) is 2. The van der Waals surface area contributed by atoms with E-state index < -0.39 is 29.6 Å². The Morgan fingerprint density at radius 3 is 2.68 bits per heavy atom. The van der Waals surface area contributed by atoms with Crippen LogP contribution in [0, 0.1) is 6.92 Å². The summed E-state index contributed by atoms with van der Waals surface area (Å²) in [7, 11) is 0. The van der Waals surface area contributed by atoms with E-state index in [2.05, 4.69) is 21.2 Å². The third kappa shape index (κ3) is 6.62. The molecule has 3 rings (SSSR count). The lowest BCUT2D eigenvalue weighted by Gasteiger charge is -2.13. The highest BCUT2D eigenvalue weighted by atomic mass is 79.9. The Hall–Kier alpha value is -2.82. The van der Waals surface area contributed by atoms with Gasteiger partial charge >= 0.3 is 5.97 Å². The molecule has 0 atom stereocenters. The summed E-state index contributed by atoms with van der Waals surface area (Å²) >= 11 is 10.1. The molecular weight excluding hydrogens is 548 g/mol. The number of imide groups is 1. The van der Waals surface area contributed by atoms with E-state index in [0.717, 1.165) is 10.5 Å². The van der Waals surface area contributed by atoms with Gasteiger partial charge in [0.15, 0.2) is 6.61 Å². The molecule has 0 aromatic heterocycles. The molecule has 11 heteroatoms. The van der Waals surface area contributed by atoms with E-state index in [4.69, 9.17) is 21.1 Å². The monoisotopic (exact) mass is 566 g/mol. The fourth-order valence-corrected chi connectivity index (χ4v) is 4.28. The maximum atomic E-state index is 12.8. The predicted molar refractivity (Wildman–Crippen MR) is 134 cm³/mol. The minimum absolute atomic E-state index is 0.121. The van der Waals surface area contributed by atoms with Crippen LogP contribution >= 0.6 is 39.3 Å². The molecule has 0 saturated carbocycles. The summed E-state index contributed by atoms with van der Waals surface area (Å²) in [6.07, 6.45) is 1.48. The molecule has 2 aromatic carbocycles. The van der Waals surface area contributed by atoms with Gasteiger partial charge in [0.05, 0.1) is 11.5 Å². The van der Waals surface area contributed by atoms with Gasteiger partial charge in [-0.15, -0.1) is 0 Å². The molecule has 0 unspecified atom stereocenters. The third-order valence-corrected chi connectivity index (χ3v) is 6.35. The zero-order chi connectivity index (χ0) is 24.8. The van der Waals surface area contributed by atoms with Crippen LogP contribution in [0.4, 0.5) is 10.5 Å². The topological polar surface area (TPSA) is 102 Å². The molecule has 1 fully saturated rings. The first-order valence-electron chi connectivity index (χ1n) is 10.1. The number of anilines is 1. The van der Waals surface area contributed by atoms with Crippen molar-refractivity contribution in [2.45, 2.75) is 13.8 Å². The molecule has 1 aliphatic rings. The van der Waals surface area contributed by atoms with E-state index >= 15 is 0 Å². The number of aryl methyl sites for hydroxylation is 1. The van der Waals surface area contributed by atoms with Crippen molar-refractivity contribution in [2.75, 3.05) is 25.1 Å². The Morgan fingerprint density at radius 1 is 1.21 bits per heavy atom. The number of hydrogen-bond donors (Lipinski definition) is 1. The second-order valence-corrected chi connectivity index (χ2v) is 9.37. The van der Waals surface area contributed by atoms with Crippen LogP contribution in [-0.2, 0) is 19.1 Å². The highest BCUT2D eigenvalue weighted by Crippen LogP contribution is 2.35. The van der Waals surface area contributed by atoms with E-state index in [9.17, 15) is 19.2 Å². The first kappa shape index (κ1) is 25.8. The number of carbonyl (C=O) groups is 4. The maximum Gasteiger partial charge on any atom is 0.344 e. The SMILES string of the molecule is CCOC(=O)COc1ccc(Br)cc1/C=C1/SC(=O)N(CC(=O)Nc2ccc(C)c(Cl)c2)C1=O. The molecule has 1 N–H and O–H groups in total. The molecule has 1 heterocycles. The van der Waals surface area contributed by atoms with Crippen molar-refractivity contribution in [3.05, 3.63) is 61.9 Å². The second kappa shape index (κ2) is 11.5. The third-order valence-electron chi connectivity index (χ3n) is 4.54. The largest absolute Gasteiger partial charge is 0.481 e. The zero-order valence-electron chi connectivity index (χ0n) is 18.2. The number of amides is 3. The molecule has 0 spiro atoms. The van der Waals surface area contributed by atoms with Gasteiger partial charge in [-0.1, -0.05) is 33.6 Å². The number of hydrogen-bond acceptors (Lipinski definition) is 7. The van der Waals surface area contributed by atoms with Crippen molar-refractivity contribution < 1.29 is 28.7 Å². The summed E-state index contributed by atoms with van der Waals surface area (Å²) in [4.78, 5) is 50.3. The molecule has 178 valence electrons. The van der Waals surface area contributed by atoms with Crippen molar-refractivity contribution in [1.29, 1.82) is 0 Å². The minimum Gasteiger partial charge on any atom is -0.481 e. The lowest BCUT2D eigenvalue weighted by atomic mass is 10.2. The van der Waals surface area contributed by atoms with Gasteiger partial charge in [-0.25, -0.2) is 4.79 Å². The molecule has 0 aliphatic carbocycles. The summed E-state index contributed by atoms with van der Waals surface area (Å²) in [5, 5.41) is 2.54. The van der Waals surface area contributed by atoms with Crippen LogP contribution < -0.4 is 10.1 Å². The summed E-state index contributed by atoms with van der Waals surface area (Å²) in [5.74, 6) is -1.34.